The Kier molecular flexibility index (Phi) is 4.42. The van der Waals surface area contributed by atoms with Gasteiger partial charge in [-0.25, -0.2) is 0 Å². The minimum atomic E-state index is 0. The first-order chi connectivity index (χ1) is 8.89. The molecule has 1 aliphatic carbocycles. The Balaban J connectivity index is 0.00000147. The number of nitrogens with one attached hydrogen (secondary N) is 1. The van der Waals surface area contributed by atoms with Crippen molar-refractivity contribution in [2.75, 3.05) is 13.1 Å². The molecule has 3 unspecified atom stereocenters. The van der Waals surface area contributed by atoms with E-state index in [-0.39, 0.29) is 18.4 Å². The van der Waals surface area contributed by atoms with Gasteiger partial charge in [0, 0.05) is 12.6 Å². The van der Waals surface area contributed by atoms with E-state index in [9.17, 15) is 4.79 Å². The van der Waals surface area contributed by atoms with Crippen LogP contribution in [0.1, 0.15) is 59.3 Å². The summed E-state index contributed by atoms with van der Waals surface area (Å²) in [6.45, 7) is 9.10. The summed E-state index contributed by atoms with van der Waals surface area (Å²) in [7, 11) is 0. The smallest absolute Gasteiger partial charge is 0.239 e. The number of nitrogens with zero attached hydrogens (tertiary/aromatic N) is 1. The summed E-state index contributed by atoms with van der Waals surface area (Å²) in [5.41, 5.74) is 0.753. The van der Waals surface area contributed by atoms with Crippen LogP contribution >= 0.6 is 12.4 Å². The van der Waals surface area contributed by atoms with Crippen molar-refractivity contribution in [3.05, 3.63) is 0 Å². The Morgan fingerprint density at radius 3 is 2.60 bits per heavy atom. The van der Waals surface area contributed by atoms with Gasteiger partial charge < -0.3 is 10.2 Å². The van der Waals surface area contributed by atoms with Crippen molar-refractivity contribution >= 4 is 18.3 Å². The van der Waals surface area contributed by atoms with Crippen LogP contribution in [-0.4, -0.2) is 36.0 Å². The summed E-state index contributed by atoms with van der Waals surface area (Å²) >= 11 is 0. The largest absolute Gasteiger partial charge is 0.338 e. The highest BCUT2D eigenvalue weighted by atomic mass is 35.5. The standard InChI is InChI=1S/C16H28N2O.ClH/c1-15(2)8-12-9-16(3,10-15)11-18(12)14(19)13-6-4-5-7-17-13;/h12-13,17H,4-11H2,1-3H3;1H. The Bertz CT molecular complexity index is 379. The first-order valence-corrected chi connectivity index (χ1v) is 7.93. The molecule has 0 aromatic rings. The Morgan fingerprint density at radius 1 is 1.20 bits per heavy atom. The van der Waals surface area contributed by atoms with Gasteiger partial charge in [0.15, 0.2) is 0 Å². The topological polar surface area (TPSA) is 32.3 Å². The lowest BCUT2D eigenvalue weighted by atomic mass is 9.65. The highest BCUT2D eigenvalue weighted by molar-refractivity contribution is 5.85. The van der Waals surface area contributed by atoms with E-state index in [1.54, 1.807) is 0 Å². The summed E-state index contributed by atoms with van der Waals surface area (Å²) in [5, 5.41) is 3.42. The summed E-state index contributed by atoms with van der Waals surface area (Å²) in [6, 6.07) is 0.588. The lowest BCUT2D eigenvalue weighted by Crippen LogP contribution is -2.50. The van der Waals surface area contributed by atoms with Gasteiger partial charge in [-0.05, 0) is 49.5 Å². The van der Waals surface area contributed by atoms with E-state index in [1.165, 1.54) is 32.1 Å². The highest BCUT2D eigenvalue weighted by Crippen LogP contribution is 2.52. The van der Waals surface area contributed by atoms with Crippen LogP contribution in [0.25, 0.3) is 0 Å². The maximum absolute atomic E-state index is 12.8. The van der Waals surface area contributed by atoms with Crippen molar-refractivity contribution in [1.82, 2.24) is 10.2 Å². The second-order valence-electron chi connectivity index (χ2n) is 8.18. The summed E-state index contributed by atoms with van der Waals surface area (Å²) < 4.78 is 0. The highest BCUT2D eigenvalue weighted by Gasteiger charge is 2.51. The lowest BCUT2D eigenvalue weighted by molar-refractivity contribution is -0.135. The normalized spacial score (nSPS) is 39.2. The molecule has 2 heterocycles. The molecule has 1 N–H and O–H groups in total. The van der Waals surface area contributed by atoms with Crippen LogP contribution in [0.3, 0.4) is 0 Å². The molecule has 2 aliphatic heterocycles. The molecule has 0 aromatic carbocycles. The van der Waals surface area contributed by atoms with E-state index in [4.69, 9.17) is 0 Å². The number of carbonyl (C=O) groups is 1. The van der Waals surface area contributed by atoms with Gasteiger partial charge in [-0.2, -0.15) is 0 Å². The van der Waals surface area contributed by atoms with Gasteiger partial charge >= 0.3 is 0 Å². The molecule has 20 heavy (non-hydrogen) atoms. The fourth-order valence-corrected chi connectivity index (χ4v) is 4.98. The van der Waals surface area contributed by atoms with Gasteiger partial charge in [0.1, 0.15) is 0 Å². The zero-order chi connectivity index (χ0) is 13.7. The third-order valence-corrected chi connectivity index (χ3v) is 5.31. The van der Waals surface area contributed by atoms with E-state index in [1.807, 2.05) is 0 Å². The molecular weight excluding hydrogens is 272 g/mol. The Hall–Kier alpha value is -0.280. The predicted molar refractivity (Wildman–Crippen MR) is 84.1 cm³/mol. The maximum atomic E-state index is 12.8. The van der Waals surface area contributed by atoms with Crippen molar-refractivity contribution < 1.29 is 4.79 Å². The van der Waals surface area contributed by atoms with Crippen molar-refractivity contribution in [2.45, 2.75) is 71.4 Å². The molecule has 3 nitrogen and oxygen atoms in total. The van der Waals surface area contributed by atoms with Gasteiger partial charge in [0.25, 0.3) is 0 Å². The van der Waals surface area contributed by atoms with Crippen LogP contribution < -0.4 is 5.32 Å². The first-order valence-electron chi connectivity index (χ1n) is 7.93. The Labute approximate surface area is 129 Å². The number of piperidine rings is 1. The van der Waals surface area contributed by atoms with Crippen molar-refractivity contribution in [3.8, 4) is 0 Å². The number of rotatable bonds is 1. The molecule has 3 rings (SSSR count). The molecule has 3 fully saturated rings. The van der Waals surface area contributed by atoms with E-state index in [0.29, 0.717) is 22.8 Å². The molecule has 0 spiro atoms. The lowest BCUT2D eigenvalue weighted by Gasteiger charge is -2.39. The monoisotopic (exact) mass is 300 g/mol. The summed E-state index contributed by atoms with van der Waals surface area (Å²) in [6.07, 6.45) is 7.11. The van der Waals surface area contributed by atoms with Gasteiger partial charge in [0.05, 0.1) is 6.04 Å². The second-order valence-corrected chi connectivity index (χ2v) is 8.18. The molecule has 0 radical (unpaired) electrons. The number of hydrogen-bond acceptors (Lipinski definition) is 2. The third-order valence-electron chi connectivity index (χ3n) is 5.31. The van der Waals surface area contributed by atoms with Crippen LogP contribution in [0.5, 0.6) is 0 Å². The van der Waals surface area contributed by atoms with Crippen LogP contribution in [0.2, 0.25) is 0 Å². The molecule has 1 amide bonds. The molecule has 4 heteroatoms. The molecule has 2 saturated heterocycles. The van der Waals surface area contributed by atoms with Gasteiger partial charge in [-0.1, -0.05) is 27.2 Å². The number of halogens is 1. The maximum Gasteiger partial charge on any atom is 0.239 e. The van der Waals surface area contributed by atoms with E-state index < -0.39 is 0 Å². The zero-order valence-electron chi connectivity index (χ0n) is 13.1. The molecule has 3 atom stereocenters. The number of amides is 1. The fraction of sp³-hybridized carbons (Fsp3) is 0.938. The number of hydrogen-bond donors (Lipinski definition) is 1. The second kappa shape index (κ2) is 5.49. The minimum absolute atomic E-state index is 0. The quantitative estimate of drug-likeness (QED) is 0.807. The van der Waals surface area contributed by atoms with Crippen LogP contribution in [0.15, 0.2) is 0 Å². The summed E-state index contributed by atoms with van der Waals surface area (Å²) in [4.78, 5) is 15.0. The van der Waals surface area contributed by atoms with Crippen molar-refractivity contribution in [2.24, 2.45) is 10.8 Å². The molecule has 0 aromatic heterocycles. The van der Waals surface area contributed by atoms with Gasteiger partial charge in [0.2, 0.25) is 5.91 Å². The third kappa shape index (κ3) is 2.99. The summed E-state index contributed by atoms with van der Waals surface area (Å²) in [5.74, 6) is 0.381. The molecule has 2 bridgehead atoms. The predicted octanol–water partition coefficient (Wildman–Crippen LogP) is 2.98. The molecule has 116 valence electrons. The molecule has 3 aliphatic rings. The first kappa shape index (κ1) is 16.1. The van der Waals surface area contributed by atoms with E-state index >= 15 is 0 Å². The van der Waals surface area contributed by atoms with Crippen LogP contribution in [0, 0.1) is 10.8 Å². The van der Waals surface area contributed by atoms with E-state index in [2.05, 4.69) is 31.0 Å². The molecular formula is C16H29ClN2O. The molecule has 1 saturated carbocycles. The SMILES string of the molecule is CC1(C)CC2CC(C)(CN2C(=O)C2CCCCN2)C1.Cl. The average Bonchev–Trinajstić information content (AvgIpc) is 2.59. The van der Waals surface area contributed by atoms with Gasteiger partial charge in [-0.15, -0.1) is 12.4 Å². The van der Waals surface area contributed by atoms with E-state index in [0.717, 1.165) is 19.5 Å². The van der Waals surface area contributed by atoms with Crippen molar-refractivity contribution in [1.29, 1.82) is 0 Å². The number of carbonyl (C=O) groups excluding carboxylic acids is 1. The van der Waals surface area contributed by atoms with Crippen LogP contribution in [0.4, 0.5) is 0 Å². The minimum Gasteiger partial charge on any atom is -0.338 e. The zero-order valence-corrected chi connectivity index (χ0v) is 13.9. The van der Waals surface area contributed by atoms with Crippen LogP contribution in [-0.2, 0) is 4.79 Å². The Morgan fingerprint density at radius 2 is 1.95 bits per heavy atom. The average molecular weight is 301 g/mol. The van der Waals surface area contributed by atoms with Crippen molar-refractivity contribution in [3.63, 3.8) is 0 Å². The number of fused-ring (bicyclic) bond motifs is 2. The van der Waals surface area contributed by atoms with Gasteiger partial charge in [-0.3, -0.25) is 4.79 Å². The fourth-order valence-electron chi connectivity index (χ4n) is 4.98. The number of likely N-dealkylation sites (tertiary alicyclic amines) is 1.